The first-order chi connectivity index (χ1) is 19.3. The number of imidazole rings is 1. The van der Waals surface area contributed by atoms with Crippen LogP contribution in [-0.2, 0) is 11.8 Å². The van der Waals surface area contributed by atoms with Crippen LogP contribution in [0.15, 0.2) is 41.2 Å². The Kier molecular flexibility index (Phi) is 5.62. The van der Waals surface area contributed by atoms with Crippen molar-refractivity contribution in [2.45, 2.75) is 77.3 Å². The van der Waals surface area contributed by atoms with Gasteiger partial charge in [0.1, 0.15) is 11.3 Å². The molecular weight excluding hydrogens is 504 g/mol. The Morgan fingerprint density at radius 1 is 1.20 bits per heavy atom. The van der Waals surface area contributed by atoms with E-state index in [9.17, 15) is 4.79 Å². The predicted molar refractivity (Wildman–Crippen MR) is 150 cm³/mol. The summed E-state index contributed by atoms with van der Waals surface area (Å²) in [4.78, 5) is 30.3. The number of nitrogens with one attached hydrogen (secondary N) is 2. The normalized spacial score (nSPS) is 17.8. The van der Waals surface area contributed by atoms with E-state index in [1.165, 1.54) is 5.56 Å². The summed E-state index contributed by atoms with van der Waals surface area (Å²) >= 11 is 0. The topological polar surface area (TPSA) is 127 Å². The van der Waals surface area contributed by atoms with Crippen LogP contribution in [0.2, 0.25) is 0 Å². The molecule has 2 aliphatic carbocycles. The lowest BCUT2D eigenvalue weighted by Gasteiger charge is -2.26. The number of nitrogens with zero attached hydrogens (tertiary/aromatic N) is 6. The molecule has 0 bridgehead atoms. The largest absolute Gasteiger partial charge is 0.341 e. The summed E-state index contributed by atoms with van der Waals surface area (Å²) in [6.45, 7) is 8.39. The van der Waals surface area contributed by atoms with E-state index in [0.29, 0.717) is 5.82 Å². The molecule has 0 radical (unpaired) electrons. The van der Waals surface area contributed by atoms with Gasteiger partial charge >= 0.3 is 11.8 Å². The van der Waals surface area contributed by atoms with Gasteiger partial charge in [-0.15, -0.1) is 0 Å². The lowest BCUT2D eigenvalue weighted by atomic mass is 9.85. The number of hydrogen-bond acceptors (Lipinski definition) is 7. The van der Waals surface area contributed by atoms with Gasteiger partial charge in [-0.3, -0.25) is 9.48 Å². The molecule has 204 valence electrons. The van der Waals surface area contributed by atoms with Crippen molar-refractivity contribution in [1.29, 1.82) is 0 Å². The third kappa shape index (κ3) is 4.09. The molecule has 1 unspecified atom stereocenters. The SMILES string of the molecule is Cc1c(-c2nc3c(-c4ccc5c(c4)CCCC5NC(=O)c4nc(C5(C)CC5)no4)ccnc3[nH]2)cnn1C(C)C. The Bertz CT molecular complexity index is 1760. The second-order valence-corrected chi connectivity index (χ2v) is 11.6. The van der Waals surface area contributed by atoms with Crippen molar-refractivity contribution in [1.82, 2.24) is 40.2 Å². The fourth-order valence-corrected chi connectivity index (χ4v) is 5.77. The molecule has 2 aliphatic rings. The van der Waals surface area contributed by atoms with Gasteiger partial charge in [-0.25, -0.2) is 9.97 Å². The van der Waals surface area contributed by atoms with Crippen molar-refractivity contribution in [2.75, 3.05) is 0 Å². The van der Waals surface area contributed by atoms with Crippen molar-refractivity contribution in [2.24, 2.45) is 0 Å². The van der Waals surface area contributed by atoms with Crippen LogP contribution in [0.1, 0.15) is 91.9 Å². The van der Waals surface area contributed by atoms with E-state index in [2.05, 4.69) is 76.4 Å². The first kappa shape index (κ1) is 24.7. The third-order valence-electron chi connectivity index (χ3n) is 8.41. The minimum absolute atomic E-state index is 0.0366. The van der Waals surface area contributed by atoms with Crippen molar-refractivity contribution in [3.63, 3.8) is 0 Å². The van der Waals surface area contributed by atoms with Gasteiger partial charge in [-0.1, -0.05) is 30.3 Å². The summed E-state index contributed by atoms with van der Waals surface area (Å²) in [5, 5.41) is 11.7. The first-order valence-electron chi connectivity index (χ1n) is 14.0. The van der Waals surface area contributed by atoms with Crippen LogP contribution < -0.4 is 5.32 Å². The van der Waals surface area contributed by atoms with Gasteiger partial charge in [-0.05, 0) is 75.6 Å². The predicted octanol–water partition coefficient (Wildman–Crippen LogP) is 5.62. The summed E-state index contributed by atoms with van der Waals surface area (Å²) in [5.74, 6) is 1.11. The third-order valence-corrected chi connectivity index (χ3v) is 8.41. The van der Waals surface area contributed by atoms with Gasteiger partial charge in [0.15, 0.2) is 11.5 Å². The fourth-order valence-electron chi connectivity index (χ4n) is 5.77. The Hall–Kier alpha value is -4.34. The molecule has 5 aromatic rings. The highest BCUT2D eigenvalue weighted by molar-refractivity contribution is 5.92. The zero-order chi connectivity index (χ0) is 27.6. The van der Waals surface area contributed by atoms with Crippen LogP contribution in [0.25, 0.3) is 33.7 Å². The molecule has 40 heavy (non-hydrogen) atoms. The molecule has 2 N–H and O–H groups in total. The summed E-state index contributed by atoms with van der Waals surface area (Å²) in [5.41, 5.74) is 8.00. The first-order valence-corrected chi connectivity index (χ1v) is 14.0. The number of amides is 1. The quantitative estimate of drug-likeness (QED) is 0.288. The number of hydrogen-bond donors (Lipinski definition) is 2. The van der Waals surface area contributed by atoms with Gasteiger partial charge < -0.3 is 14.8 Å². The minimum atomic E-state index is -0.319. The molecule has 1 fully saturated rings. The minimum Gasteiger partial charge on any atom is -0.341 e. The van der Waals surface area contributed by atoms with Gasteiger partial charge in [0.25, 0.3) is 0 Å². The molecule has 0 aliphatic heterocycles. The molecular formula is C30H32N8O2. The van der Waals surface area contributed by atoms with Crippen LogP contribution in [0, 0.1) is 6.92 Å². The Morgan fingerprint density at radius 3 is 2.83 bits per heavy atom. The van der Waals surface area contributed by atoms with Gasteiger partial charge in [0.2, 0.25) is 0 Å². The lowest BCUT2D eigenvalue weighted by molar-refractivity contribution is 0.0888. The number of pyridine rings is 1. The van der Waals surface area contributed by atoms with E-state index < -0.39 is 0 Å². The highest BCUT2D eigenvalue weighted by Gasteiger charge is 2.44. The number of H-pyrrole nitrogens is 1. The highest BCUT2D eigenvalue weighted by Crippen LogP contribution is 2.46. The van der Waals surface area contributed by atoms with E-state index in [4.69, 9.17) is 9.51 Å². The van der Waals surface area contributed by atoms with Crippen molar-refractivity contribution in [3.8, 4) is 22.5 Å². The highest BCUT2D eigenvalue weighted by atomic mass is 16.5. The molecule has 10 nitrogen and oxygen atoms in total. The van der Waals surface area contributed by atoms with Gasteiger partial charge in [0, 0.05) is 28.9 Å². The number of aryl methyl sites for hydroxylation is 1. The Balaban J connectivity index is 1.17. The summed E-state index contributed by atoms with van der Waals surface area (Å²) in [6, 6.07) is 8.62. The zero-order valence-corrected chi connectivity index (χ0v) is 23.2. The monoisotopic (exact) mass is 536 g/mol. The molecule has 0 saturated heterocycles. The molecule has 1 saturated carbocycles. The number of benzene rings is 1. The van der Waals surface area contributed by atoms with Crippen molar-refractivity contribution in [3.05, 3.63) is 65.2 Å². The summed E-state index contributed by atoms with van der Waals surface area (Å²) < 4.78 is 7.30. The zero-order valence-electron chi connectivity index (χ0n) is 23.2. The van der Waals surface area contributed by atoms with Crippen molar-refractivity contribution >= 4 is 17.1 Å². The average Bonchev–Trinajstić information content (AvgIpc) is 3.33. The number of carbonyl (C=O) groups is 1. The molecule has 1 amide bonds. The van der Waals surface area contributed by atoms with Gasteiger partial charge in [0.05, 0.1) is 17.8 Å². The molecule has 7 rings (SSSR count). The van der Waals surface area contributed by atoms with Crippen molar-refractivity contribution < 1.29 is 9.32 Å². The molecule has 10 heteroatoms. The van der Waals surface area contributed by atoms with E-state index in [1.807, 2.05) is 23.1 Å². The van der Waals surface area contributed by atoms with Crippen LogP contribution in [-0.4, -0.2) is 40.8 Å². The fraction of sp³-hybridized carbons (Fsp3) is 0.400. The second kappa shape index (κ2) is 9.11. The van der Waals surface area contributed by atoms with E-state index in [-0.39, 0.29) is 29.3 Å². The number of carbonyl (C=O) groups excluding carboxylic acids is 1. The average molecular weight is 537 g/mol. The molecule has 0 spiro atoms. The molecule has 1 aromatic carbocycles. The number of aromatic nitrogens is 7. The van der Waals surface area contributed by atoms with E-state index in [0.717, 1.165) is 77.0 Å². The van der Waals surface area contributed by atoms with Crippen LogP contribution in [0.4, 0.5) is 0 Å². The van der Waals surface area contributed by atoms with Gasteiger partial charge in [-0.2, -0.15) is 10.1 Å². The number of aromatic amines is 1. The Labute approximate surface area is 231 Å². The molecule has 1 atom stereocenters. The Morgan fingerprint density at radius 2 is 2.05 bits per heavy atom. The molecule has 4 aromatic heterocycles. The second-order valence-electron chi connectivity index (χ2n) is 11.6. The van der Waals surface area contributed by atoms with Crippen LogP contribution in [0.3, 0.4) is 0 Å². The maximum absolute atomic E-state index is 13.0. The van der Waals surface area contributed by atoms with E-state index >= 15 is 0 Å². The molecule has 4 heterocycles. The summed E-state index contributed by atoms with van der Waals surface area (Å²) in [6.07, 6.45) is 8.52. The maximum atomic E-state index is 13.0. The maximum Gasteiger partial charge on any atom is 0.315 e. The lowest BCUT2D eigenvalue weighted by Crippen LogP contribution is -2.31. The van der Waals surface area contributed by atoms with E-state index in [1.54, 1.807) is 0 Å². The number of fused-ring (bicyclic) bond motifs is 2. The standard InChI is InChI=1S/C30H32N8O2/c1-16(2)38-17(3)22(15-32-38)25-34-24-21(10-13-31-26(24)35-25)19-8-9-20-18(14-19)6-5-7-23(20)33-27(39)28-36-29(37-40-28)30(4)11-12-30/h8-10,13-16,23H,5-7,11-12H2,1-4H3,(H,33,39)(H,31,34,35). The van der Waals surface area contributed by atoms with Crippen LogP contribution >= 0.6 is 0 Å². The van der Waals surface area contributed by atoms with Crippen LogP contribution in [0.5, 0.6) is 0 Å². The number of rotatable bonds is 6. The smallest absolute Gasteiger partial charge is 0.315 e. The summed E-state index contributed by atoms with van der Waals surface area (Å²) in [7, 11) is 0.